The largest absolute Gasteiger partial charge is 0.491 e. The van der Waals surface area contributed by atoms with E-state index in [1.165, 1.54) is 18.4 Å². The van der Waals surface area contributed by atoms with Gasteiger partial charge >= 0.3 is 0 Å². The molecule has 0 aliphatic heterocycles. The lowest BCUT2D eigenvalue weighted by molar-refractivity contribution is 0.344. The molecular formula is C21H23N5O2. The number of H-pyrrole nitrogens is 1. The van der Waals surface area contributed by atoms with E-state index >= 15 is 0 Å². The van der Waals surface area contributed by atoms with Gasteiger partial charge in [0.1, 0.15) is 11.2 Å². The van der Waals surface area contributed by atoms with E-state index < -0.39 is 0 Å². The van der Waals surface area contributed by atoms with Crippen molar-refractivity contribution in [1.29, 1.82) is 0 Å². The molecule has 5 rings (SSSR count). The molecule has 2 N–H and O–H groups in total. The van der Waals surface area contributed by atoms with E-state index in [1.807, 2.05) is 23.9 Å². The summed E-state index contributed by atoms with van der Waals surface area (Å²) in [7, 11) is 5.23. The van der Waals surface area contributed by atoms with Gasteiger partial charge in [0.25, 0.3) is 5.88 Å². The third-order valence-electron chi connectivity index (χ3n) is 5.38. The topological polar surface area (TPSA) is 77.0 Å². The molecule has 1 aliphatic carbocycles. The molecule has 1 aliphatic rings. The van der Waals surface area contributed by atoms with Gasteiger partial charge in [0, 0.05) is 49.0 Å². The van der Waals surface area contributed by atoms with Gasteiger partial charge in [0.2, 0.25) is 0 Å². The van der Waals surface area contributed by atoms with E-state index in [4.69, 9.17) is 14.5 Å². The Morgan fingerprint density at radius 2 is 2.11 bits per heavy atom. The minimum atomic E-state index is 0.478. The molecule has 1 fully saturated rings. The van der Waals surface area contributed by atoms with Crippen LogP contribution in [0.3, 0.4) is 0 Å². The molecule has 144 valence electrons. The Hall–Kier alpha value is -3.06. The highest BCUT2D eigenvalue weighted by molar-refractivity contribution is 5.96. The zero-order chi connectivity index (χ0) is 19.3. The average Bonchev–Trinajstić information content (AvgIpc) is 3.35. The molecule has 4 heterocycles. The van der Waals surface area contributed by atoms with Crippen molar-refractivity contribution < 1.29 is 9.47 Å². The molecule has 0 amide bonds. The molecule has 0 unspecified atom stereocenters. The zero-order valence-electron chi connectivity index (χ0n) is 16.2. The van der Waals surface area contributed by atoms with E-state index in [1.54, 1.807) is 14.2 Å². The van der Waals surface area contributed by atoms with Crippen molar-refractivity contribution in [3.63, 3.8) is 0 Å². The Labute approximate surface area is 162 Å². The third kappa shape index (κ3) is 2.79. The highest BCUT2D eigenvalue weighted by Gasteiger charge is 2.21. The van der Waals surface area contributed by atoms with Crippen LogP contribution in [0.1, 0.15) is 18.4 Å². The number of methoxy groups -OCH3 is 2. The molecule has 1 saturated carbocycles. The van der Waals surface area contributed by atoms with Gasteiger partial charge in [-0.2, -0.15) is 0 Å². The van der Waals surface area contributed by atoms with Gasteiger partial charge in [-0.1, -0.05) is 0 Å². The van der Waals surface area contributed by atoms with Crippen molar-refractivity contribution in [2.75, 3.05) is 14.2 Å². The summed E-state index contributed by atoms with van der Waals surface area (Å²) >= 11 is 0. The van der Waals surface area contributed by atoms with E-state index in [9.17, 15) is 0 Å². The summed E-state index contributed by atoms with van der Waals surface area (Å²) in [4.78, 5) is 12.7. The second-order valence-electron chi connectivity index (χ2n) is 7.29. The van der Waals surface area contributed by atoms with Crippen molar-refractivity contribution in [2.45, 2.75) is 25.4 Å². The van der Waals surface area contributed by atoms with Gasteiger partial charge in [-0.15, -0.1) is 0 Å². The van der Waals surface area contributed by atoms with Gasteiger partial charge in [0.15, 0.2) is 5.75 Å². The van der Waals surface area contributed by atoms with Crippen LogP contribution in [0.4, 0.5) is 0 Å². The molecule has 0 atom stereocenters. The maximum absolute atomic E-state index is 5.41. The molecular weight excluding hydrogens is 354 g/mol. The summed E-state index contributed by atoms with van der Waals surface area (Å²) < 4.78 is 12.9. The highest BCUT2D eigenvalue weighted by atomic mass is 16.5. The Balaban J connectivity index is 1.63. The van der Waals surface area contributed by atoms with E-state index in [0.717, 1.165) is 39.9 Å². The molecule has 4 aromatic rings. The molecule has 0 bridgehead atoms. The molecule has 7 heteroatoms. The van der Waals surface area contributed by atoms with Crippen molar-refractivity contribution in [2.24, 2.45) is 7.05 Å². The van der Waals surface area contributed by atoms with Crippen molar-refractivity contribution in [3.8, 4) is 22.9 Å². The first kappa shape index (κ1) is 17.1. The zero-order valence-corrected chi connectivity index (χ0v) is 16.2. The summed E-state index contributed by atoms with van der Waals surface area (Å²) in [6.07, 6.45) is 6.49. The quantitative estimate of drug-likeness (QED) is 0.539. The van der Waals surface area contributed by atoms with Gasteiger partial charge in [-0.3, -0.25) is 0 Å². The number of hydrogen-bond acceptors (Lipinski definition) is 5. The van der Waals surface area contributed by atoms with Crippen LogP contribution in [0.25, 0.3) is 33.3 Å². The van der Waals surface area contributed by atoms with E-state index in [-0.39, 0.29) is 0 Å². The fourth-order valence-corrected chi connectivity index (χ4v) is 3.67. The van der Waals surface area contributed by atoms with Crippen LogP contribution >= 0.6 is 0 Å². The van der Waals surface area contributed by atoms with Gasteiger partial charge < -0.3 is 24.3 Å². The molecule has 0 saturated heterocycles. The number of fused-ring (bicyclic) bond motifs is 2. The number of ether oxygens (including phenoxy) is 2. The number of aryl methyl sites for hydroxylation is 1. The van der Waals surface area contributed by atoms with E-state index in [0.29, 0.717) is 17.7 Å². The lowest BCUT2D eigenvalue weighted by Crippen LogP contribution is -2.15. The lowest BCUT2D eigenvalue weighted by Gasteiger charge is -2.07. The third-order valence-corrected chi connectivity index (χ3v) is 5.38. The summed E-state index contributed by atoms with van der Waals surface area (Å²) in [6.45, 7) is 0.861. The highest BCUT2D eigenvalue weighted by Crippen LogP contribution is 2.36. The number of pyridine rings is 2. The van der Waals surface area contributed by atoms with Crippen LogP contribution in [0.15, 0.2) is 30.6 Å². The minimum Gasteiger partial charge on any atom is -0.491 e. The number of nitrogens with one attached hydrogen (secondary N) is 2. The second kappa shape index (κ2) is 6.53. The van der Waals surface area contributed by atoms with Crippen LogP contribution in [0.2, 0.25) is 0 Å². The maximum atomic E-state index is 5.41. The second-order valence-corrected chi connectivity index (χ2v) is 7.29. The molecule has 7 nitrogen and oxygen atoms in total. The number of aromatic amines is 1. The first-order chi connectivity index (χ1) is 13.7. The Morgan fingerprint density at radius 3 is 2.86 bits per heavy atom. The van der Waals surface area contributed by atoms with Gasteiger partial charge in [0.05, 0.1) is 25.4 Å². The van der Waals surface area contributed by atoms with Crippen LogP contribution < -0.4 is 14.8 Å². The molecule has 4 aromatic heterocycles. The summed E-state index contributed by atoms with van der Waals surface area (Å²) in [5.74, 6) is 1.10. The molecule has 0 spiro atoms. The van der Waals surface area contributed by atoms with Crippen LogP contribution in [0.5, 0.6) is 11.6 Å². The minimum absolute atomic E-state index is 0.478. The van der Waals surface area contributed by atoms with Crippen molar-refractivity contribution >= 4 is 22.1 Å². The predicted octanol–water partition coefficient (Wildman–Crippen LogP) is 3.39. The number of aromatic nitrogens is 4. The van der Waals surface area contributed by atoms with Gasteiger partial charge in [-0.25, -0.2) is 9.97 Å². The normalized spacial score (nSPS) is 14.1. The van der Waals surface area contributed by atoms with Crippen LogP contribution in [0, 0.1) is 0 Å². The number of rotatable bonds is 6. The fourth-order valence-electron chi connectivity index (χ4n) is 3.67. The number of nitrogens with zero attached hydrogens (tertiary/aromatic N) is 3. The Morgan fingerprint density at radius 1 is 1.25 bits per heavy atom. The molecule has 28 heavy (non-hydrogen) atoms. The Bertz CT molecular complexity index is 1170. The fraction of sp³-hybridized carbons (Fsp3) is 0.333. The lowest BCUT2D eigenvalue weighted by atomic mass is 10.1. The molecule has 0 aromatic carbocycles. The standard InChI is InChI=1S/C21H23N5O2/c1-26-11-15(19-17(26)9-18(27-2)21(25-19)28-3)16-8-14-12(10-23-13-4-5-13)6-7-22-20(14)24-16/h6-9,11,13,23H,4-5,10H2,1-3H3,(H,22,24). The monoisotopic (exact) mass is 377 g/mol. The summed E-state index contributed by atoms with van der Waals surface area (Å²) in [5.41, 5.74) is 6.00. The number of hydrogen-bond donors (Lipinski definition) is 2. The summed E-state index contributed by atoms with van der Waals surface area (Å²) in [5, 5.41) is 4.73. The average molecular weight is 377 g/mol. The SMILES string of the molecule is COc1cc2c(nc1OC)c(-c1cc3c(CNC4CC4)ccnc3[nH]1)cn2C. The first-order valence-corrected chi connectivity index (χ1v) is 9.46. The molecule has 0 radical (unpaired) electrons. The smallest absolute Gasteiger partial charge is 0.257 e. The predicted molar refractivity (Wildman–Crippen MR) is 109 cm³/mol. The first-order valence-electron chi connectivity index (χ1n) is 9.46. The van der Waals surface area contributed by atoms with E-state index in [2.05, 4.69) is 33.6 Å². The van der Waals surface area contributed by atoms with Gasteiger partial charge in [-0.05, 0) is 30.5 Å². The maximum Gasteiger partial charge on any atom is 0.257 e. The van der Waals surface area contributed by atoms with Crippen molar-refractivity contribution in [1.82, 2.24) is 24.8 Å². The van der Waals surface area contributed by atoms with Crippen LogP contribution in [-0.2, 0) is 13.6 Å². The van der Waals surface area contributed by atoms with Crippen molar-refractivity contribution in [3.05, 3.63) is 36.2 Å². The Kier molecular flexibility index (Phi) is 3.98. The van der Waals surface area contributed by atoms with Crippen LogP contribution in [-0.4, -0.2) is 39.8 Å². The summed E-state index contributed by atoms with van der Waals surface area (Å²) in [6, 6.07) is 6.88.